The van der Waals surface area contributed by atoms with E-state index in [1.807, 2.05) is 11.6 Å². The molecule has 0 radical (unpaired) electrons. The zero-order valence-corrected chi connectivity index (χ0v) is 19.1. The lowest BCUT2D eigenvalue weighted by molar-refractivity contribution is -0.116. The van der Waals surface area contributed by atoms with E-state index in [-0.39, 0.29) is 22.2 Å². The molecule has 0 aliphatic heterocycles. The molecule has 31 heavy (non-hydrogen) atoms. The van der Waals surface area contributed by atoms with Gasteiger partial charge in [0, 0.05) is 38.7 Å². The van der Waals surface area contributed by atoms with E-state index in [4.69, 9.17) is 11.6 Å². The summed E-state index contributed by atoms with van der Waals surface area (Å²) in [6, 6.07) is 8.84. The van der Waals surface area contributed by atoms with Crippen LogP contribution in [0.25, 0.3) is 11.0 Å². The van der Waals surface area contributed by atoms with Crippen LogP contribution in [-0.2, 0) is 28.3 Å². The van der Waals surface area contributed by atoms with Crippen molar-refractivity contribution in [3.8, 4) is 0 Å². The molecule has 1 heterocycles. The summed E-state index contributed by atoms with van der Waals surface area (Å²) in [6.45, 7) is 4.37. The third kappa shape index (κ3) is 4.89. The molecule has 0 atom stereocenters. The molecule has 0 aliphatic carbocycles. The standard InChI is InChI=1S/C21H24ClFN4O3S/c1-4-27(5-2)31(29,30)15-7-9-19-18(13-15)25-20(26(19)3)10-11-21(28)24-14-6-8-17(23)16(22)12-14/h6-9,12-13H,4-5,10-11H2,1-3H3,(H,24,28). The van der Waals surface area contributed by atoms with E-state index in [0.717, 1.165) is 5.52 Å². The predicted molar refractivity (Wildman–Crippen MR) is 119 cm³/mol. The summed E-state index contributed by atoms with van der Waals surface area (Å²) in [5.41, 5.74) is 1.74. The van der Waals surface area contributed by atoms with Gasteiger partial charge >= 0.3 is 0 Å². The van der Waals surface area contributed by atoms with Crippen LogP contribution in [0.5, 0.6) is 0 Å². The highest BCUT2D eigenvalue weighted by Crippen LogP contribution is 2.23. The molecule has 0 spiro atoms. The largest absolute Gasteiger partial charge is 0.331 e. The number of imidazole rings is 1. The Labute approximate surface area is 185 Å². The number of sulfonamides is 1. The minimum absolute atomic E-state index is 0.0661. The summed E-state index contributed by atoms with van der Waals surface area (Å²) in [5.74, 6) is -0.166. The third-order valence-corrected chi connectivity index (χ3v) is 7.40. The lowest BCUT2D eigenvalue weighted by Crippen LogP contribution is -2.30. The van der Waals surface area contributed by atoms with Crippen LogP contribution in [0.1, 0.15) is 26.1 Å². The second-order valence-electron chi connectivity index (χ2n) is 7.00. The molecule has 7 nitrogen and oxygen atoms in total. The number of hydrogen-bond donors (Lipinski definition) is 1. The topological polar surface area (TPSA) is 84.3 Å². The van der Waals surface area contributed by atoms with Crippen LogP contribution < -0.4 is 5.32 Å². The molecule has 0 saturated carbocycles. The Bertz CT molecular complexity index is 1220. The van der Waals surface area contributed by atoms with Crippen LogP contribution in [0.3, 0.4) is 0 Å². The maximum absolute atomic E-state index is 13.2. The fourth-order valence-electron chi connectivity index (χ4n) is 3.35. The number of rotatable bonds is 8. The van der Waals surface area contributed by atoms with Crippen molar-refractivity contribution in [3.63, 3.8) is 0 Å². The molecule has 2 aromatic carbocycles. The highest BCUT2D eigenvalue weighted by atomic mass is 35.5. The van der Waals surface area contributed by atoms with Crippen molar-refractivity contribution in [1.82, 2.24) is 13.9 Å². The number of carbonyl (C=O) groups is 1. The first-order valence-electron chi connectivity index (χ1n) is 9.87. The molecule has 0 unspecified atom stereocenters. The lowest BCUT2D eigenvalue weighted by Gasteiger charge is -2.18. The summed E-state index contributed by atoms with van der Waals surface area (Å²) in [4.78, 5) is 17.0. The summed E-state index contributed by atoms with van der Waals surface area (Å²) < 4.78 is 42.0. The van der Waals surface area contributed by atoms with E-state index in [9.17, 15) is 17.6 Å². The quantitative estimate of drug-likeness (QED) is 0.544. The molecular formula is C21H24ClFN4O3S. The molecule has 1 N–H and O–H groups in total. The zero-order chi connectivity index (χ0) is 22.8. The zero-order valence-electron chi connectivity index (χ0n) is 17.5. The maximum atomic E-state index is 13.2. The molecule has 1 aromatic heterocycles. The van der Waals surface area contributed by atoms with E-state index in [2.05, 4.69) is 10.3 Å². The monoisotopic (exact) mass is 466 g/mol. The first kappa shape index (κ1) is 23.2. The van der Waals surface area contributed by atoms with Gasteiger partial charge in [-0.15, -0.1) is 0 Å². The number of nitrogens with one attached hydrogen (secondary N) is 1. The van der Waals surface area contributed by atoms with Crippen molar-refractivity contribution in [2.24, 2.45) is 7.05 Å². The van der Waals surface area contributed by atoms with Gasteiger partial charge < -0.3 is 9.88 Å². The van der Waals surface area contributed by atoms with Gasteiger partial charge in [0.2, 0.25) is 15.9 Å². The van der Waals surface area contributed by atoms with Gasteiger partial charge in [-0.05, 0) is 36.4 Å². The minimum Gasteiger partial charge on any atom is -0.331 e. The molecule has 0 fully saturated rings. The van der Waals surface area contributed by atoms with Crippen molar-refractivity contribution in [2.75, 3.05) is 18.4 Å². The Kier molecular flexibility index (Phi) is 6.98. The van der Waals surface area contributed by atoms with Crippen LogP contribution in [0.15, 0.2) is 41.3 Å². The van der Waals surface area contributed by atoms with Crippen LogP contribution in [0.2, 0.25) is 5.02 Å². The van der Waals surface area contributed by atoms with Gasteiger partial charge in [0.1, 0.15) is 11.6 Å². The Morgan fingerprint density at radius 3 is 2.55 bits per heavy atom. The fourth-order valence-corrected chi connectivity index (χ4v) is 5.01. The number of aryl methyl sites for hydroxylation is 2. The first-order chi connectivity index (χ1) is 14.7. The van der Waals surface area contributed by atoms with Crippen molar-refractivity contribution < 1.29 is 17.6 Å². The average molecular weight is 467 g/mol. The summed E-state index contributed by atoms with van der Waals surface area (Å²) in [7, 11) is -1.76. The molecule has 0 saturated heterocycles. The van der Waals surface area contributed by atoms with Crippen molar-refractivity contribution in [3.05, 3.63) is 53.1 Å². The predicted octanol–water partition coefficient (Wildman–Crippen LogP) is 3.97. The van der Waals surface area contributed by atoms with E-state index >= 15 is 0 Å². The number of fused-ring (bicyclic) bond motifs is 1. The number of benzene rings is 2. The number of aromatic nitrogens is 2. The van der Waals surface area contributed by atoms with Gasteiger partial charge in [0.15, 0.2) is 0 Å². The van der Waals surface area contributed by atoms with Crippen LogP contribution >= 0.6 is 11.6 Å². The van der Waals surface area contributed by atoms with Crippen LogP contribution in [0.4, 0.5) is 10.1 Å². The Balaban J connectivity index is 1.76. The van der Waals surface area contributed by atoms with Gasteiger partial charge in [0.05, 0.1) is 21.0 Å². The van der Waals surface area contributed by atoms with Gasteiger partial charge in [0.25, 0.3) is 0 Å². The summed E-state index contributed by atoms with van der Waals surface area (Å²) >= 11 is 5.73. The third-order valence-electron chi connectivity index (χ3n) is 5.07. The minimum atomic E-state index is -3.58. The number of amides is 1. The molecular weight excluding hydrogens is 443 g/mol. The highest BCUT2D eigenvalue weighted by Gasteiger charge is 2.22. The van der Waals surface area contributed by atoms with Crippen molar-refractivity contribution in [1.29, 1.82) is 0 Å². The molecule has 3 aromatic rings. The van der Waals surface area contributed by atoms with Crippen molar-refractivity contribution in [2.45, 2.75) is 31.6 Å². The normalized spacial score (nSPS) is 11.9. The number of anilines is 1. The molecule has 166 valence electrons. The number of halogens is 2. The Morgan fingerprint density at radius 2 is 1.90 bits per heavy atom. The smallest absolute Gasteiger partial charge is 0.243 e. The summed E-state index contributed by atoms with van der Waals surface area (Å²) in [6.07, 6.45) is 0.501. The number of hydrogen-bond acceptors (Lipinski definition) is 4. The SMILES string of the molecule is CCN(CC)S(=O)(=O)c1ccc2c(c1)nc(CCC(=O)Nc1ccc(F)c(Cl)c1)n2C. The molecule has 0 bridgehead atoms. The molecule has 0 aliphatic rings. The average Bonchev–Trinajstić information content (AvgIpc) is 3.05. The molecule has 3 rings (SSSR count). The molecule has 1 amide bonds. The van der Waals surface area contributed by atoms with Gasteiger partial charge in [-0.3, -0.25) is 4.79 Å². The Morgan fingerprint density at radius 1 is 1.19 bits per heavy atom. The Hall–Kier alpha value is -2.49. The summed E-state index contributed by atoms with van der Waals surface area (Å²) in [5, 5.41) is 2.61. The van der Waals surface area contributed by atoms with E-state index in [0.29, 0.717) is 36.5 Å². The van der Waals surface area contributed by atoms with Crippen LogP contribution in [-0.4, -0.2) is 41.3 Å². The second kappa shape index (κ2) is 9.33. The first-order valence-corrected chi connectivity index (χ1v) is 11.7. The van der Waals surface area contributed by atoms with Crippen molar-refractivity contribution >= 4 is 44.3 Å². The number of nitrogens with zero attached hydrogens (tertiary/aromatic N) is 3. The van der Waals surface area contributed by atoms with E-state index in [1.54, 1.807) is 32.0 Å². The van der Waals surface area contributed by atoms with E-state index in [1.165, 1.54) is 22.5 Å². The lowest BCUT2D eigenvalue weighted by atomic mass is 10.2. The highest BCUT2D eigenvalue weighted by molar-refractivity contribution is 7.89. The van der Waals surface area contributed by atoms with E-state index < -0.39 is 15.8 Å². The second-order valence-corrected chi connectivity index (χ2v) is 9.35. The van der Waals surface area contributed by atoms with Gasteiger partial charge in [-0.2, -0.15) is 4.31 Å². The van der Waals surface area contributed by atoms with Crippen LogP contribution in [0, 0.1) is 5.82 Å². The van der Waals surface area contributed by atoms with Gasteiger partial charge in [-0.1, -0.05) is 25.4 Å². The maximum Gasteiger partial charge on any atom is 0.243 e. The van der Waals surface area contributed by atoms with Gasteiger partial charge in [-0.25, -0.2) is 17.8 Å². The number of carbonyl (C=O) groups excluding carboxylic acids is 1. The molecule has 10 heteroatoms. The fraction of sp³-hybridized carbons (Fsp3) is 0.333.